The summed E-state index contributed by atoms with van der Waals surface area (Å²) < 4.78 is 0. The van der Waals surface area contributed by atoms with Gasteiger partial charge in [-0.1, -0.05) is 36.0 Å². The molecule has 27 heavy (non-hydrogen) atoms. The van der Waals surface area contributed by atoms with Crippen molar-refractivity contribution in [3.63, 3.8) is 0 Å². The van der Waals surface area contributed by atoms with Crippen molar-refractivity contribution in [2.75, 3.05) is 0 Å². The van der Waals surface area contributed by atoms with E-state index in [2.05, 4.69) is 28.3 Å². The van der Waals surface area contributed by atoms with Gasteiger partial charge in [-0.2, -0.15) is 5.10 Å². The summed E-state index contributed by atoms with van der Waals surface area (Å²) in [6.45, 7) is 2.16. The van der Waals surface area contributed by atoms with Crippen LogP contribution in [0.5, 0.6) is 0 Å². The third-order valence-corrected chi connectivity index (χ3v) is 7.31. The van der Waals surface area contributed by atoms with E-state index in [0.29, 0.717) is 20.5 Å². The van der Waals surface area contributed by atoms with Crippen LogP contribution in [-0.4, -0.2) is 15.8 Å². The molecule has 4 aliphatic rings. The first-order valence-electron chi connectivity index (χ1n) is 9.60. The normalized spacial score (nSPS) is 31.5. The van der Waals surface area contributed by atoms with Crippen LogP contribution in [0, 0.1) is 23.2 Å². The smallest absolute Gasteiger partial charge is 0.205 e. The van der Waals surface area contributed by atoms with Crippen LogP contribution in [0.15, 0.2) is 29.4 Å². The van der Waals surface area contributed by atoms with Gasteiger partial charge in [-0.05, 0) is 87.6 Å². The number of thiocarbonyl (C=S) groups is 2. The van der Waals surface area contributed by atoms with Gasteiger partial charge in [-0.3, -0.25) is 16.3 Å². The molecule has 0 aliphatic heterocycles. The van der Waals surface area contributed by atoms with Crippen LogP contribution in [0.25, 0.3) is 0 Å². The van der Waals surface area contributed by atoms with E-state index in [4.69, 9.17) is 36.0 Å². The monoisotopic (exact) mass is 420 g/mol. The summed E-state index contributed by atoms with van der Waals surface area (Å²) in [5.41, 5.74) is 11.2. The third-order valence-electron chi connectivity index (χ3n) is 6.53. The van der Waals surface area contributed by atoms with Gasteiger partial charge in [0.25, 0.3) is 0 Å². The summed E-state index contributed by atoms with van der Waals surface area (Å²) in [7, 11) is 0. The van der Waals surface area contributed by atoms with Gasteiger partial charge in [0, 0.05) is 21.7 Å². The van der Waals surface area contributed by atoms with Crippen molar-refractivity contribution >= 4 is 51.8 Å². The van der Waals surface area contributed by atoms with Gasteiger partial charge in [-0.15, -0.1) is 0 Å². The van der Waals surface area contributed by atoms with Gasteiger partial charge in [-0.25, -0.2) is 0 Å². The van der Waals surface area contributed by atoms with E-state index >= 15 is 0 Å². The molecule has 144 valence electrons. The molecule has 0 aromatic heterocycles. The van der Waals surface area contributed by atoms with Crippen molar-refractivity contribution in [2.24, 2.45) is 28.3 Å². The highest BCUT2D eigenvalue weighted by molar-refractivity contribution is 7.81. The fourth-order valence-corrected chi connectivity index (χ4v) is 6.03. The van der Waals surface area contributed by atoms with Crippen molar-refractivity contribution in [1.29, 1.82) is 0 Å². The molecular weight excluding hydrogens is 396 g/mol. The molecule has 0 spiro atoms. The van der Waals surface area contributed by atoms with E-state index in [-0.39, 0.29) is 0 Å². The van der Waals surface area contributed by atoms with Crippen molar-refractivity contribution in [2.45, 2.75) is 45.4 Å². The zero-order valence-electron chi connectivity index (χ0n) is 15.4. The highest BCUT2D eigenvalue weighted by atomic mass is 35.5. The fourth-order valence-electron chi connectivity index (χ4n) is 5.62. The molecule has 0 unspecified atom stereocenters. The number of nitrogens with zero attached hydrogens (tertiary/aromatic N) is 1. The SMILES string of the molecule is C/C(=N/NC(=S)NNC(=S)c1ccc(Cl)cc1)C12CC3CC(CC(C3)C1)C2. The van der Waals surface area contributed by atoms with Gasteiger partial charge in [0.05, 0.1) is 0 Å². The molecular formula is C20H25ClN4S2. The van der Waals surface area contributed by atoms with Crippen molar-refractivity contribution < 1.29 is 0 Å². The van der Waals surface area contributed by atoms with Crippen LogP contribution in [0.4, 0.5) is 0 Å². The van der Waals surface area contributed by atoms with Crippen LogP contribution >= 0.6 is 36.0 Å². The molecule has 0 amide bonds. The van der Waals surface area contributed by atoms with E-state index in [1.54, 1.807) is 12.1 Å². The molecule has 1 aromatic rings. The average molecular weight is 421 g/mol. The van der Waals surface area contributed by atoms with Gasteiger partial charge in [0.1, 0.15) is 4.99 Å². The Balaban J connectivity index is 1.31. The molecule has 4 aliphatic carbocycles. The van der Waals surface area contributed by atoms with E-state index in [1.807, 2.05) is 12.1 Å². The fraction of sp³-hybridized carbons (Fsp3) is 0.550. The maximum atomic E-state index is 5.90. The highest BCUT2D eigenvalue weighted by Gasteiger charge is 2.52. The number of nitrogens with one attached hydrogen (secondary N) is 3. The topological polar surface area (TPSA) is 48.5 Å². The maximum Gasteiger partial charge on any atom is 0.205 e. The van der Waals surface area contributed by atoms with E-state index in [1.165, 1.54) is 44.2 Å². The Morgan fingerprint density at radius 2 is 1.56 bits per heavy atom. The molecule has 4 fully saturated rings. The van der Waals surface area contributed by atoms with Gasteiger partial charge in [0.15, 0.2) is 0 Å². The Morgan fingerprint density at radius 1 is 1.00 bits per heavy atom. The highest BCUT2D eigenvalue weighted by Crippen LogP contribution is 2.60. The van der Waals surface area contributed by atoms with Gasteiger partial charge >= 0.3 is 0 Å². The number of hydrazine groups is 1. The van der Waals surface area contributed by atoms with E-state index in [0.717, 1.165) is 23.3 Å². The minimum Gasteiger partial charge on any atom is -0.288 e. The summed E-state index contributed by atoms with van der Waals surface area (Å²) in [4.78, 5) is 0.553. The predicted octanol–water partition coefficient (Wildman–Crippen LogP) is 4.58. The summed E-state index contributed by atoms with van der Waals surface area (Å²) in [5, 5.41) is 5.73. The number of hydrogen-bond donors (Lipinski definition) is 3. The lowest BCUT2D eigenvalue weighted by Crippen LogP contribution is -2.50. The molecule has 4 nitrogen and oxygen atoms in total. The molecule has 3 N–H and O–H groups in total. The largest absolute Gasteiger partial charge is 0.288 e. The number of rotatable bonds is 3. The summed E-state index contributed by atoms with van der Waals surface area (Å²) in [6.07, 6.45) is 8.21. The number of benzene rings is 1. The first-order chi connectivity index (χ1) is 12.9. The average Bonchev–Trinajstić information content (AvgIpc) is 2.63. The maximum absolute atomic E-state index is 5.90. The number of halogens is 1. The minimum absolute atomic E-state index is 0.295. The molecule has 7 heteroatoms. The second-order valence-corrected chi connectivity index (χ2v) is 9.67. The Morgan fingerprint density at radius 3 is 2.11 bits per heavy atom. The molecule has 0 atom stereocenters. The zero-order valence-corrected chi connectivity index (χ0v) is 17.8. The summed E-state index contributed by atoms with van der Waals surface area (Å²) >= 11 is 16.6. The van der Waals surface area contributed by atoms with E-state index in [9.17, 15) is 0 Å². The van der Waals surface area contributed by atoms with Crippen LogP contribution < -0.4 is 16.3 Å². The quantitative estimate of drug-likeness (QED) is 0.379. The van der Waals surface area contributed by atoms with Crippen LogP contribution in [0.2, 0.25) is 5.02 Å². The predicted molar refractivity (Wildman–Crippen MR) is 119 cm³/mol. The lowest BCUT2D eigenvalue weighted by molar-refractivity contribution is -0.0128. The lowest BCUT2D eigenvalue weighted by atomic mass is 9.48. The molecule has 0 heterocycles. The Kier molecular flexibility index (Phi) is 5.41. The van der Waals surface area contributed by atoms with Crippen molar-refractivity contribution in [3.05, 3.63) is 34.9 Å². The molecule has 4 saturated carbocycles. The van der Waals surface area contributed by atoms with Crippen molar-refractivity contribution in [1.82, 2.24) is 16.3 Å². The summed E-state index contributed by atoms with van der Waals surface area (Å²) in [6, 6.07) is 7.34. The van der Waals surface area contributed by atoms with Crippen LogP contribution in [-0.2, 0) is 0 Å². The lowest BCUT2D eigenvalue weighted by Gasteiger charge is -2.56. The molecule has 1 aromatic carbocycles. The minimum atomic E-state index is 0.295. The van der Waals surface area contributed by atoms with Crippen molar-refractivity contribution in [3.8, 4) is 0 Å². The Hall–Kier alpha value is -1.24. The second-order valence-electron chi connectivity index (χ2n) is 8.42. The van der Waals surface area contributed by atoms with E-state index < -0.39 is 0 Å². The first kappa shape index (κ1) is 19.1. The zero-order chi connectivity index (χ0) is 19.0. The Labute approximate surface area is 176 Å². The Bertz CT molecular complexity index is 739. The number of hydrogen-bond acceptors (Lipinski definition) is 3. The second kappa shape index (κ2) is 7.64. The first-order valence-corrected chi connectivity index (χ1v) is 10.8. The number of hydrazone groups is 1. The van der Waals surface area contributed by atoms with Crippen LogP contribution in [0.3, 0.4) is 0 Å². The third kappa shape index (κ3) is 4.13. The van der Waals surface area contributed by atoms with Gasteiger partial charge < -0.3 is 0 Å². The molecule has 5 rings (SSSR count). The molecule has 0 saturated heterocycles. The van der Waals surface area contributed by atoms with Crippen LogP contribution in [0.1, 0.15) is 51.0 Å². The molecule has 4 bridgehead atoms. The summed E-state index contributed by atoms with van der Waals surface area (Å²) in [5.74, 6) is 2.72. The van der Waals surface area contributed by atoms with Gasteiger partial charge in [0.2, 0.25) is 5.11 Å². The standard InChI is InChI=1S/C20H25ClN4S2/c1-12(20-9-13-6-14(10-20)8-15(7-13)11-20)22-24-19(27)25-23-18(26)16-2-4-17(21)5-3-16/h2-5,13-15H,6-11H2,1H3,(H,23,26)(H2,24,25,27)/b22-12-. The molecule has 0 radical (unpaired) electrons.